The Morgan fingerprint density at radius 2 is 2.13 bits per heavy atom. The first-order valence-electron chi connectivity index (χ1n) is 3.84. The van der Waals surface area contributed by atoms with Crippen LogP contribution in [-0.2, 0) is 9.26 Å². The van der Waals surface area contributed by atoms with Gasteiger partial charge in [-0.3, -0.25) is 4.79 Å². The van der Waals surface area contributed by atoms with Crippen molar-refractivity contribution >= 4 is 15.5 Å². The summed E-state index contributed by atoms with van der Waals surface area (Å²) >= 11 is 0. The van der Waals surface area contributed by atoms with E-state index in [4.69, 9.17) is 9.90 Å². The number of rotatable bonds is 3. The van der Waals surface area contributed by atoms with Crippen LogP contribution in [0.3, 0.4) is 0 Å². The first kappa shape index (κ1) is 13.0. The van der Waals surface area contributed by atoms with Gasteiger partial charge in [0.25, 0.3) is 0 Å². The van der Waals surface area contributed by atoms with Crippen LogP contribution in [0.15, 0.2) is 36.9 Å². The number of aldehydes is 1. The average molecular weight is 225 g/mol. The van der Waals surface area contributed by atoms with Crippen LogP contribution in [0.1, 0.15) is 0 Å². The summed E-state index contributed by atoms with van der Waals surface area (Å²) in [4.78, 5) is 19.1. The number of benzene rings is 1. The molecule has 5 nitrogen and oxygen atoms in total. The van der Waals surface area contributed by atoms with E-state index in [0.29, 0.717) is 6.29 Å². The minimum Gasteiger partial charge on any atom is -0.554 e. The maximum atomic E-state index is 10.1. The minimum absolute atomic E-state index is 0.0225. The van der Waals surface area contributed by atoms with Crippen molar-refractivity contribution in [1.29, 1.82) is 0 Å². The lowest BCUT2D eigenvalue weighted by Crippen LogP contribution is -2.26. The second kappa shape index (κ2) is 7.45. The molecule has 0 amide bonds. The molecule has 0 radical (unpaired) electrons. The summed E-state index contributed by atoms with van der Waals surface area (Å²) in [5.41, 5.74) is 0. The van der Waals surface area contributed by atoms with Gasteiger partial charge in [-0.2, -0.15) is 0 Å². The smallest absolute Gasteiger partial charge is 0.418 e. The zero-order valence-electron chi connectivity index (χ0n) is 7.75. The summed E-state index contributed by atoms with van der Waals surface area (Å²) in [6.07, 6.45) is 1.83. The predicted octanol–water partition coefficient (Wildman–Crippen LogP) is -0.0820. The van der Waals surface area contributed by atoms with Crippen molar-refractivity contribution in [2.45, 2.75) is 0 Å². The molecule has 80 valence electrons. The number of carbonyl (C=O) groups is 1. The Morgan fingerprint density at radius 3 is 2.53 bits per heavy atom. The van der Waals surface area contributed by atoms with Gasteiger partial charge in [-0.05, 0) is 18.2 Å². The number of phenolic OH excluding ortho intramolecular Hbond substituents is 1. The molecule has 1 N–H and O–H groups in total. The fourth-order valence-electron chi connectivity index (χ4n) is 0.643. The molecule has 0 fully saturated rings. The number of phenols is 1. The van der Waals surface area contributed by atoms with Crippen LogP contribution >= 0.6 is 0 Å². The van der Waals surface area contributed by atoms with Crippen molar-refractivity contribution in [1.82, 2.24) is 0 Å². The summed E-state index contributed by atoms with van der Waals surface area (Å²) in [5, 5.41) is 8.85. The minimum atomic E-state index is -3.21. The highest BCUT2D eigenvalue weighted by Crippen LogP contribution is 2.16. The van der Waals surface area contributed by atoms with Crippen molar-refractivity contribution in [2.75, 3.05) is 0 Å². The third-order valence-electron chi connectivity index (χ3n) is 1.12. The van der Waals surface area contributed by atoms with E-state index >= 15 is 0 Å². The molecule has 6 heteroatoms. The number of carbonyl (C=O) groups excluding carboxylic acids is 1. The average Bonchev–Trinajstić information content (AvgIpc) is 2.17. The second-order valence-electron chi connectivity index (χ2n) is 2.22. The number of aromatic hydroxyl groups is 1. The third-order valence-corrected chi connectivity index (χ3v) is 1.52. The Balaban J connectivity index is 0.000000423. The summed E-state index contributed by atoms with van der Waals surface area (Å²) in [6, 6.07) is 5.59. The van der Waals surface area contributed by atoms with E-state index in [9.17, 15) is 9.26 Å². The third kappa shape index (κ3) is 7.14. The highest BCUT2D eigenvalue weighted by molar-refractivity contribution is 6.23. The Labute approximate surface area is 88.2 Å². The summed E-state index contributed by atoms with van der Waals surface area (Å²) in [7, 11) is -3.21. The molecule has 0 aliphatic rings. The summed E-state index contributed by atoms with van der Waals surface area (Å²) in [5.74, 6) is 0.106. The van der Waals surface area contributed by atoms with E-state index in [0.717, 1.165) is 0 Å². The first-order chi connectivity index (χ1) is 7.10. The van der Waals surface area contributed by atoms with Gasteiger partial charge in [0.1, 0.15) is 12.0 Å². The van der Waals surface area contributed by atoms with Crippen molar-refractivity contribution in [3.05, 3.63) is 36.9 Å². The topological polar surface area (TPSA) is 86.7 Å². The Kier molecular flexibility index (Phi) is 6.48. The molecule has 0 heterocycles. The van der Waals surface area contributed by atoms with Crippen molar-refractivity contribution in [3.8, 4) is 11.5 Å². The lowest BCUT2D eigenvalue weighted by molar-refractivity contribution is -0.220. The van der Waals surface area contributed by atoms with Crippen molar-refractivity contribution < 1.29 is 23.6 Å². The number of allylic oxidation sites excluding steroid dienone is 1. The van der Waals surface area contributed by atoms with Crippen LogP contribution in [0.2, 0.25) is 0 Å². The molecule has 1 rings (SSSR count). The van der Waals surface area contributed by atoms with Crippen LogP contribution < -0.4 is 9.22 Å². The molecular weight excluding hydrogens is 216 g/mol. The van der Waals surface area contributed by atoms with Crippen LogP contribution in [-0.4, -0.2) is 20.6 Å². The zero-order chi connectivity index (χ0) is 11.7. The van der Waals surface area contributed by atoms with Crippen LogP contribution in [0.5, 0.6) is 11.5 Å². The lowest BCUT2D eigenvalue weighted by atomic mass is 10.3. The normalized spacial score (nSPS) is 8.00. The van der Waals surface area contributed by atoms with Crippen molar-refractivity contribution in [3.63, 3.8) is 0 Å². The largest absolute Gasteiger partial charge is 0.554 e. The van der Waals surface area contributed by atoms with Crippen molar-refractivity contribution in [2.24, 2.45) is 0 Å². The molecule has 0 spiro atoms. The van der Waals surface area contributed by atoms with Gasteiger partial charge in [-0.25, -0.2) is 0 Å². The molecule has 0 unspecified atom stereocenters. The molecule has 1 aromatic carbocycles. The Morgan fingerprint density at radius 1 is 1.53 bits per heavy atom. The monoisotopic (exact) mass is 225 g/mol. The summed E-state index contributed by atoms with van der Waals surface area (Å²) in [6.45, 7) is 3.11. The van der Waals surface area contributed by atoms with Gasteiger partial charge < -0.3 is 18.8 Å². The van der Waals surface area contributed by atoms with Crippen LogP contribution in [0, 0.1) is 0 Å². The highest BCUT2D eigenvalue weighted by atomic mass is 28.3. The maximum absolute atomic E-state index is 10.1. The fraction of sp³-hybridized carbons (Fsp3) is 0. The van der Waals surface area contributed by atoms with Gasteiger partial charge >= 0.3 is 9.17 Å². The van der Waals surface area contributed by atoms with Gasteiger partial charge in [0.05, 0.1) is 0 Å². The van der Waals surface area contributed by atoms with Crippen LogP contribution in [0.4, 0.5) is 0 Å². The maximum Gasteiger partial charge on any atom is 0.418 e. The van der Waals surface area contributed by atoms with E-state index in [1.807, 2.05) is 0 Å². The van der Waals surface area contributed by atoms with E-state index in [-0.39, 0.29) is 11.5 Å². The van der Waals surface area contributed by atoms with Gasteiger partial charge in [0.2, 0.25) is 0 Å². The Hall–Kier alpha value is -1.95. The van der Waals surface area contributed by atoms with Gasteiger partial charge in [0, 0.05) is 11.8 Å². The van der Waals surface area contributed by atoms with Gasteiger partial charge in [-0.15, -0.1) is 0 Å². The predicted molar refractivity (Wildman–Crippen MR) is 51.4 cm³/mol. The molecule has 1 aromatic rings. The number of hydrogen-bond acceptors (Lipinski definition) is 5. The summed E-state index contributed by atoms with van der Waals surface area (Å²) < 4.78 is 14.4. The molecular formula is C9H9O5Si-. The van der Waals surface area contributed by atoms with E-state index in [1.54, 1.807) is 0 Å². The molecule has 0 aliphatic heterocycles. The molecule has 15 heavy (non-hydrogen) atoms. The van der Waals surface area contributed by atoms with E-state index < -0.39 is 9.17 Å². The molecule has 0 saturated carbocycles. The highest BCUT2D eigenvalue weighted by Gasteiger charge is 1.92. The Bertz CT molecular complexity index is 344. The first-order valence-corrected chi connectivity index (χ1v) is 5.06. The van der Waals surface area contributed by atoms with Crippen LogP contribution in [0.25, 0.3) is 0 Å². The second-order valence-corrected chi connectivity index (χ2v) is 2.93. The van der Waals surface area contributed by atoms with Gasteiger partial charge in [0.15, 0.2) is 0 Å². The molecule has 0 aliphatic carbocycles. The lowest BCUT2D eigenvalue weighted by Gasteiger charge is -2.06. The molecule has 0 saturated heterocycles. The van der Waals surface area contributed by atoms with E-state index in [2.05, 4.69) is 11.0 Å². The fourth-order valence-corrected chi connectivity index (χ4v) is 0.963. The molecule has 0 atom stereocenters. The zero-order valence-corrected chi connectivity index (χ0v) is 8.75. The SMILES string of the molecule is C=CC=O.O=[Si]([O-])Oc1cccc(O)c1. The van der Waals surface area contributed by atoms with Gasteiger partial charge in [-0.1, -0.05) is 12.6 Å². The number of hydrogen-bond donors (Lipinski definition) is 1. The quantitative estimate of drug-likeness (QED) is 0.441. The molecule has 0 aromatic heterocycles. The standard InChI is InChI=1S/C6H5O4Si.C3H4O/c7-5-2-1-3-6(4-5)10-11(8)9;1-2-3-4/h1-4,7H;2-3H,1H2/q-1;. The molecule has 0 bridgehead atoms. The van der Waals surface area contributed by atoms with E-state index in [1.165, 1.54) is 30.3 Å².